The second-order valence-corrected chi connectivity index (χ2v) is 4.18. The van der Waals surface area contributed by atoms with Gasteiger partial charge in [-0.3, -0.25) is 9.78 Å². The molecule has 2 aromatic heterocycles. The van der Waals surface area contributed by atoms with Crippen LogP contribution in [0.3, 0.4) is 0 Å². The molecule has 20 heavy (non-hydrogen) atoms. The van der Waals surface area contributed by atoms with Crippen LogP contribution in [-0.2, 0) is 6.54 Å². The Bertz CT molecular complexity index is 823. The zero-order valence-corrected chi connectivity index (χ0v) is 10.2. The minimum absolute atomic E-state index is 0.0178. The quantitative estimate of drug-likeness (QED) is 0.477. The van der Waals surface area contributed by atoms with Gasteiger partial charge < -0.3 is 20.5 Å². The maximum atomic E-state index is 11.7. The molecule has 0 spiro atoms. The Balaban J connectivity index is 1.84. The molecule has 8 heteroatoms. The molecule has 0 unspecified atom stereocenters. The molecule has 5 N–H and O–H groups in total. The lowest BCUT2D eigenvalue weighted by Crippen LogP contribution is -2.13. The summed E-state index contributed by atoms with van der Waals surface area (Å²) in [5, 5.41) is 21.7. The van der Waals surface area contributed by atoms with E-state index in [9.17, 15) is 15.0 Å². The van der Waals surface area contributed by atoms with Gasteiger partial charge in [-0.1, -0.05) is 0 Å². The lowest BCUT2D eigenvalue weighted by Gasteiger charge is -2.07. The molecule has 3 aromatic rings. The number of aromatic nitrogens is 4. The van der Waals surface area contributed by atoms with Crippen molar-refractivity contribution in [3.8, 4) is 11.5 Å². The highest BCUT2D eigenvalue weighted by molar-refractivity contribution is 5.69. The molecule has 0 amide bonds. The predicted octanol–water partition coefficient (Wildman–Crippen LogP) is 0.669. The Morgan fingerprint density at radius 2 is 2.15 bits per heavy atom. The van der Waals surface area contributed by atoms with Crippen molar-refractivity contribution in [2.24, 2.45) is 0 Å². The van der Waals surface area contributed by atoms with Crippen molar-refractivity contribution in [1.82, 2.24) is 19.9 Å². The zero-order valence-electron chi connectivity index (χ0n) is 10.2. The number of anilines is 1. The summed E-state index contributed by atoms with van der Waals surface area (Å²) >= 11 is 0. The molecular formula is C12H11N5O3. The molecule has 1 aromatic carbocycles. The molecule has 0 fully saturated rings. The number of nitrogens with zero attached hydrogens (tertiary/aromatic N) is 2. The van der Waals surface area contributed by atoms with Gasteiger partial charge in [0, 0.05) is 18.2 Å². The molecule has 0 saturated carbocycles. The summed E-state index contributed by atoms with van der Waals surface area (Å²) in [5.41, 5.74) is 0.853. The predicted molar refractivity (Wildman–Crippen MR) is 71.6 cm³/mol. The van der Waals surface area contributed by atoms with E-state index in [1.54, 1.807) is 6.07 Å². The van der Waals surface area contributed by atoms with Gasteiger partial charge in [0.1, 0.15) is 11.5 Å². The van der Waals surface area contributed by atoms with Crippen molar-refractivity contribution >= 4 is 17.1 Å². The zero-order chi connectivity index (χ0) is 14.1. The van der Waals surface area contributed by atoms with Crippen LogP contribution >= 0.6 is 0 Å². The van der Waals surface area contributed by atoms with Crippen LogP contribution in [0.4, 0.5) is 5.95 Å². The molecule has 0 atom stereocenters. The number of phenols is 2. The Morgan fingerprint density at radius 1 is 1.30 bits per heavy atom. The monoisotopic (exact) mass is 273 g/mol. The fraction of sp³-hybridized carbons (Fsp3) is 0.0833. The number of aromatic amines is 2. The highest BCUT2D eigenvalue weighted by atomic mass is 16.3. The standard InChI is InChI=1S/C12H11N5O3/c18-7-2-1-6(8(19)3-7)4-13-12-16-10-9(11(20)17-12)14-5-15-10/h1-3,5,18-19H,4H2,(H3,13,14,15,16,17,20). The number of H-pyrrole nitrogens is 2. The maximum absolute atomic E-state index is 11.7. The third kappa shape index (κ3) is 2.14. The second kappa shape index (κ2) is 4.57. The van der Waals surface area contributed by atoms with Crippen LogP contribution in [0.5, 0.6) is 11.5 Å². The van der Waals surface area contributed by atoms with Gasteiger partial charge in [0.05, 0.1) is 6.33 Å². The minimum Gasteiger partial charge on any atom is -0.508 e. The van der Waals surface area contributed by atoms with Gasteiger partial charge in [-0.2, -0.15) is 4.98 Å². The smallest absolute Gasteiger partial charge is 0.278 e. The maximum Gasteiger partial charge on any atom is 0.278 e. The first-order valence-corrected chi connectivity index (χ1v) is 5.81. The van der Waals surface area contributed by atoms with E-state index in [2.05, 4.69) is 25.3 Å². The van der Waals surface area contributed by atoms with Crippen molar-refractivity contribution in [1.29, 1.82) is 0 Å². The third-order valence-electron chi connectivity index (χ3n) is 2.81. The van der Waals surface area contributed by atoms with E-state index in [0.717, 1.165) is 0 Å². The topological polar surface area (TPSA) is 127 Å². The molecular weight excluding hydrogens is 262 g/mol. The van der Waals surface area contributed by atoms with Gasteiger partial charge in [0.15, 0.2) is 11.2 Å². The Labute approximate surface area is 112 Å². The summed E-state index contributed by atoms with van der Waals surface area (Å²) in [5.74, 6) is 0.193. The van der Waals surface area contributed by atoms with Gasteiger partial charge in [-0.25, -0.2) is 4.98 Å². The fourth-order valence-electron chi connectivity index (χ4n) is 1.81. The molecule has 8 nitrogen and oxygen atoms in total. The van der Waals surface area contributed by atoms with E-state index in [1.165, 1.54) is 18.5 Å². The summed E-state index contributed by atoms with van der Waals surface area (Å²) < 4.78 is 0. The van der Waals surface area contributed by atoms with Gasteiger partial charge in [-0.15, -0.1) is 0 Å². The largest absolute Gasteiger partial charge is 0.508 e. The number of imidazole rings is 1. The van der Waals surface area contributed by atoms with Gasteiger partial charge >= 0.3 is 0 Å². The van der Waals surface area contributed by atoms with Crippen LogP contribution in [0.2, 0.25) is 0 Å². The fourth-order valence-corrected chi connectivity index (χ4v) is 1.81. The lowest BCUT2D eigenvalue weighted by atomic mass is 10.2. The Hall–Kier alpha value is -3.03. The minimum atomic E-state index is -0.329. The van der Waals surface area contributed by atoms with Gasteiger partial charge in [0.25, 0.3) is 5.56 Å². The van der Waals surface area contributed by atoms with E-state index in [1.807, 2.05) is 0 Å². The summed E-state index contributed by atoms with van der Waals surface area (Å²) in [6.07, 6.45) is 1.39. The lowest BCUT2D eigenvalue weighted by molar-refractivity contribution is 0.446. The number of benzene rings is 1. The average molecular weight is 273 g/mol. The molecule has 0 aliphatic rings. The molecule has 102 valence electrons. The van der Waals surface area contributed by atoms with Gasteiger partial charge in [-0.05, 0) is 12.1 Å². The number of fused-ring (bicyclic) bond motifs is 1. The molecule has 3 rings (SSSR count). The summed E-state index contributed by atoms with van der Waals surface area (Å²) in [6.45, 7) is 0.241. The summed E-state index contributed by atoms with van der Waals surface area (Å²) in [6, 6.07) is 4.27. The van der Waals surface area contributed by atoms with Crippen LogP contribution < -0.4 is 10.9 Å². The number of rotatable bonds is 3. The molecule has 0 bridgehead atoms. The summed E-state index contributed by atoms with van der Waals surface area (Å²) in [4.78, 5) is 25.0. The van der Waals surface area contributed by atoms with Gasteiger partial charge in [0.2, 0.25) is 5.95 Å². The Kier molecular flexibility index (Phi) is 2.75. The van der Waals surface area contributed by atoms with Crippen molar-refractivity contribution < 1.29 is 10.2 Å². The first kappa shape index (κ1) is 12.0. The van der Waals surface area contributed by atoms with Crippen molar-refractivity contribution in [2.75, 3.05) is 5.32 Å². The average Bonchev–Trinajstić information content (AvgIpc) is 2.86. The van der Waals surface area contributed by atoms with Crippen LogP contribution in [0.25, 0.3) is 11.2 Å². The SMILES string of the molecule is O=c1[nH]c(NCc2ccc(O)cc2O)nc2nc[nH]c12. The molecule has 2 heterocycles. The summed E-state index contributed by atoms with van der Waals surface area (Å²) in [7, 11) is 0. The highest BCUT2D eigenvalue weighted by Crippen LogP contribution is 2.22. The molecule has 0 aliphatic carbocycles. The van der Waals surface area contributed by atoms with Crippen LogP contribution in [0, 0.1) is 0 Å². The van der Waals surface area contributed by atoms with Crippen LogP contribution in [-0.4, -0.2) is 30.1 Å². The van der Waals surface area contributed by atoms with E-state index >= 15 is 0 Å². The number of phenolic OH excluding ortho intramolecular Hbond substituents is 2. The van der Waals surface area contributed by atoms with Crippen molar-refractivity contribution in [3.05, 3.63) is 40.4 Å². The third-order valence-corrected chi connectivity index (χ3v) is 2.81. The number of hydrogen-bond donors (Lipinski definition) is 5. The van der Waals surface area contributed by atoms with Crippen LogP contribution in [0.15, 0.2) is 29.3 Å². The second-order valence-electron chi connectivity index (χ2n) is 4.18. The first-order valence-electron chi connectivity index (χ1n) is 5.81. The van der Waals surface area contributed by atoms with Crippen molar-refractivity contribution in [2.45, 2.75) is 6.54 Å². The van der Waals surface area contributed by atoms with E-state index in [-0.39, 0.29) is 29.6 Å². The first-order chi connectivity index (χ1) is 9.63. The van der Waals surface area contributed by atoms with E-state index in [0.29, 0.717) is 16.7 Å². The molecule has 0 aliphatic heterocycles. The Morgan fingerprint density at radius 3 is 2.95 bits per heavy atom. The highest BCUT2D eigenvalue weighted by Gasteiger charge is 2.07. The van der Waals surface area contributed by atoms with Crippen molar-refractivity contribution in [3.63, 3.8) is 0 Å². The van der Waals surface area contributed by atoms with Crippen LogP contribution in [0.1, 0.15) is 5.56 Å². The number of aromatic hydroxyl groups is 2. The number of nitrogens with one attached hydrogen (secondary N) is 3. The molecule has 0 radical (unpaired) electrons. The normalized spacial score (nSPS) is 10.8. The molecule has 0 saturated heterocycles. The van der Waals surface area contributed by atoms with E-state index in [4.69, 9.17) is 0 Å². The van der Waals surface area contributed by atoms with E-state index < -0.39 is 0 Å². The number of hydrogen-bond acceptors (Lipinski definition) is 6.